The van der Waals surface area contributed by atoms with Crippen LogP contribution in [-0.4, -0.2) is 5.33 Å². The number of halogens is 1. The van der Waals surface area contributed by atoms with E-state index >= 15 is 0 Å². The Bertz CT molecular complexity index is 142. The summed E-state index contributed by atoms with van der Waals surface area (Å²) in [6.07, 6.45) is 14.3. The first-order valence-corrected chi connectivity index (χ1v) is 8.88. The minimum Gasteiger partial charge on any atom is -0.0925 e. The van der Waals surface area contributed by atoms with Gasteiger partial charge in [0.1, 0.15) is 0 Å². The Hall–Kier alpha value is 0.480. The standard InChI is InChI=1S/C16H33Br/c1-4-5-6-7-8-9-10-11-12-16(14-17)13-15(2)3/h15-16H,4-14H2,1-3H3. The zero-order valence-corrected chi connectivity index (χ0v) is 13.9. The van der Waals surface area contributed by atoms with Crippen molar-refractivity contribution in [1.29, 1.82) is 0 Å². The first kappa shape index (κ1) is 17.5. The highest BCUT2D eigenvalue weighted by molar-refractivity contribution is 9.09. The van der Waals surface area contributed by atoms with Crippen molar-refractivity contribution >= 4 is 15.9 Å². The van der Waals surface area contributed by atoms with Crippen LogP contribution >= 0.6 is 15.9 Å². The Kier molecular flexibility index (Phi) is 13.3. The molecule has 0 radical (unpaired) electrons. The van der Waals surface area contributed by atoms with Gasteiger partial charge in [0.05, 0.1) is 0 Å². The number of hydrogen-bond acceptors (Lipinski definition) is 0. The van der Waals surface area contributed by atoms with Gasteiger partial charge >= 0.3 is 0 Å². The minimum atomic E-state index is 0.853. The van der Waals surface area contributed by atoms with Gasteiger partial charge in [0.2, 0.25) is 0 Å². The SMILES string of the molecule is CCCCCCCCCCC(CBr)CC(C)C. The quantitative estimate of drug-likeness (QED) is 0.282. The molecule has 17 heavy (non-hydrogen) atoms. The Morgan fingerprint density at radius 3 is 1.82 bits per heavy atom. The van der Waals surface area contributed by atoms with Gasteiger partial charge < -0.3 is 0 Å². The number of unbranched alkanes of at least 4 members (excludes halogenated alkanes) is 7. The van der Waals surface area contributed by atoms with Gasteiger partial charge in [-0.3, -0.25) is 0 Å². The lowest BCUT2D eigenvalue weighted by Gasteiger charge is -2.16. The monoisotopic (exact) mass is 304 g/mol. The summed E-state index contributed by atoms with van der Waals surface area (Å²) in [6.45, 7) is 6.96. The van der Waals surface area contributed by atoms with Crippen molar-refractivity contribution in [1.82, 2.24) is 0 Å². The highest BCUT2D eigenvalue weighted by Gasteiger charge is 2.08. The molecule has 1 atom stereocenters. The second-order valence-electron chi connectivity index (χ2n) is 5.91. The molecule has 0 aromatic carbocycles. The van der Waals surface area contributed by atoms with Gasteiger partial charge in [-0.25, -0.2) is 0 Å². The zero-order chi connectivity index (χ0) is 12.9. The molecule has 0 fully saturated rings. The van der Waals surface area contributed by atoms with Crippen LogP contribution in [0.25, 0.3) is 0 Å². The summed E-state index contributed by atoms with van der Waals surface area (Å²) in [5.74, 6) is 1.77. The van der Waals surface area contributed by atoms with Crippen molar-refractivity contribution in [2.45, 2.75) is 85.0 Å². The van der Waals surface area contributed by atoms with Crippen molar-refractivity contribution in [3.63, 3.8) is 0 Å². The molecule has 0 saturated carbocycles. The molecule has 0 aliphatic carbocycles. The molecule has 0 aromatic rings. The van der Waals surface area contributed by atoms with E-state index < -0.39 is 0 Å². The van der Waals surface area contributed by atoms with Crippen LogP contribution in [0, 0.1) is 11.8 Å². The van der Waals surface area contributed by atoms with Crippen LogP contribution in [0.4, 0.5) is 0 Å². The van der Waals surface area contributed by atoms with Crippen LogP contribution in [0.2, 0.25) is 0 Å². The number of rotatable bonds is 12. The second kappa shape index (κ2) is 12.9. The van der Waals surface area contributed by atoms with E-state index in [0.717, 1.165) is 11.8 Å². The fraction of sp³-hybridized carbons (Fsp3) is 1.00. The van der Waals surface area contributed by atoms with E-state index in [1.165, 1.54) is 69.5 Å². The third kappa shape index (κ3) is 12.7. The summed E-state index contributed by atoms with van der Waals surface area (Å²) in [5, 5.41) is 1.20. The van der Waals surface area contributed by atoms with Gasteiger partial charge in [0.15, 0.2) is 0 Å². The average molecular weight is 305 g/mol. The Balaban J connectivity index is 3.25. The van der Waals surface area contributed by atoms with Crippen LogP contribution < -0.4 is 0 Å². The lowest BCUT2D eigenvalue weighted by Crippen LogP contribution is -2.06. The summed E-state index contributed by atoms with van der Waals surface area (Å²) in [7, 11) is 0. The molecule has 0 aromatic heterocycles. The predicted octanol–water partition coefficient (Wildman–Crippen LogP) is 6.57. The van der Waals surface area contributed by atoms with Crippen molar-refractivity contribution in [2.24, 2.45) is 11.8 Å². The van der Waals surface area contributed by atoms with Gasteiger partial charge in [-0.2, -0.15) is 0 Å². The lowest BCUT2D eigenvalue weighted by molar-refractivity contribution is 0.404. The maximum Gasteiger partial charge on any atom is 0.00597 e. The van der Waals surface area contributed by atoms with E-state index in [0.29, 0.717) is 0 Å². The van der Waals surface area contributed by atoms with E-state index in [2.05, 4.69) is 36.7 Å². The molecule has 0 rings (SSSR count). The molecule has 0 spiro atoms. The first-order valence-electron chi connectivity index (χ1n) is 7.76. The molecule has 0 nitrogen and oxygen atoms in total. The molecule has 0 amide bonds. The van der Waals surface area contributed by atoms with E-state index in [4.69, 9.17) is 0 Å². The Morgan fingerprint density at radius 2 is 1.35 bits per heavy atom. The summed E-state index contributed by atoms with van der Waals surface area (Å²) < 4.78 is 0. The Morgan fingerprint density at radius 1 is 0.824 bits per heavy atom. The normalized spacial score (nSPS) is 13.2. The molecule has 0 heterocycles. The number of hydrogen-bond donors (Lipinski definition) is 0. The first-order chi connectivity index (χ1) is 8.20. The van der Waals surface area contributed by atoms with E-state index in [1.807, 2.05) is 0 Å². The molecule has 0 N–H and O–H groups in total. The molecular weight excluding hydrogens is 272 g/mol. The maximum absolute atomic E-state index is 3.66. The van der Waals surface area contributed by atoms with E-state index in [1.54, 1.807) is 0 Å². The van der Waals surface area contributed by atoms with Crippen molar-refractivity contribution in [3.8, 4) is 0 Å². The smallest absolute Gasteiger partial charge is 0.00597 e. The summed E-state index contributed by atoms with van der Waals surface area (Å²) in [5.41, 5.74) is 0. The summed E-state index contributed by atoms with van der Waals surface area (Å²) in [4.78, 5) is 0. The molecule has 1 heteroatoms. The molecular formula is C16H33Br. The highest BCUT2D eigenvalue weighted by atomic mass is 79.9. The predicted molar refractivity (Wildman–Crippen MR) is 84.0 cm³/mol. The molecule has 0 bridgehead atoms. The van der Waals surface area contributed by atoms with Crippen molar-refractivity contribution in [2.75, 3.05) is 5.33 Å². The maximum atomic E-state index is 3.66. The van der Waals surface area contributed by atoms with Crippen LogP contribution in [0.15, 0.2) is 0 Å². The molecule has 0 aliphatic rings. The molecule has 1 unspecified atom stereocenters. The highest BCUT2D eigenvalue weighted by Crippen LogP contribution is 2.21. The fourth-order valence-electron chi connectivity index (χ4n) is 2.49. The van der Waals surface area contributed by atoms with Gasteiger partial charge in [0.25, 0.3) is 0 Å². The van der Waals surface area contributed by atoms with Crippen LogP contribution in [-0.2, 0) is 0 Å². The molecule has 0 aliphatic heterocycles. The Labute approximate surface area is 118 Å². The second-order valence-corrected chi connectivity index (χ2v) is 6.56. The fourth-order valence-corrected chi connectivity index (χ4v) is 3.08. The molecule has 0 saturated heterocycles. The van der Waals surface area contributed by atoms with Gasteiger partial charge in [-0.1, -0.05) is 88.1 Å². The van der Waals surface area contributed by atoms with Gasteiger partial charge in [-0.15, -0.1) is 0 Å². The van der Waals surface area contributed by atoms with Crippen LogP contribution in [0.5, 0.6) is 0 Å². The van der Waals surface area contributed by atoms with Crippen LogP contribution in [0.1, 0.15) is 85.0 Å². The molecule has 104 valence electrons. The van der Waals surface area contributed by atoms with E-state index in [-0.39, 0.29) is 0 Å². The average Bonchev–Trinajstić information content (AvgIpc) is 2.30. The lowest BCUT2D eigenvalue weighted by atomic mass is 9.93. The topological polar surface area (TPSA) is 0 Å². The van der Waals surface area contributed by atoms with E-state index in [9.17, 15) is 0 Å². The zero-order valence-electron chi connectivity index (χ0n) is 12.3. The third-order valence-corrected chi connectivity index (χ3v) is 4.40. The van der Waals surface area contributed by atoms with Crippen molar-refractivity contribution < 1.29 is 0 Å². The summed E-state index contributed by atoms with van der Waals surface area (Å²) in [6, 6.07) is 0. The van der Waals surface area contributed by atoms with Gasteiger partial charge in [-0.05, 0) is 24.7 Å². The van der Waals surface area contributed by atoms with Gasteiger partial charge in [0, 0.05) is 5.33 Å². The minimum absolute atomic E-state index is 0.853. The largest absolute Gasteiger partial charge is 0.0925 e. The summed E-state index contributed by atoms with van der Waals surface area (Å²) >= 11 is 3.66. The van der Waals surface area contributed by atoms with Crippen molar-refractivity contribution in [3.05, 3.63) is 0 Å². The van der Waals surface area contributed by atoms with Crippen LogP contribution in [0.3, 0.4) is 0 Å². The third-order valence-electron chi connectivity index (χ3n) is 3.49. The number of alkyl halides is 1.